The molecule has 0 unspecified atom stereocenters. The van der Waals surface area contributed by atoms with Crippen LogP contribution in [-0.4, -0.2) is 66.7 Å². The molecule has 1 aliphatic carbocycles. The number of piperidine rings is 1. The normalized spacial score (nSPS) is 21.8. The Balaban J connectivity index is 1.25. The van der Waals surface area contributed by atoms with Crippen LogP contribution in [0.15, 0.2) is 30.5 Å². The second-order valence-corrected chi connectivity index (χ2v) is 12.4. The summed E-state index contributed by atoms with van der Waals surface area (Å²) in [7, 11) is -3.29. The highest BCUT2D eigenvalue weighted by Crippen LogP contribution is 2.34. The number of ether oxygens (including phenoxy) is 1. The van der Waals surface area contributed by atoms with Crippen molar-refractivity contribution in [2.75, 3.05) is 43.5 Å². The van der Waals surface area contributed by atoms with Crippen LogP contribution in [-0.2, 0) is 19.6 Å². The SMILES string of the molecule is O=C(Nc1cc(-c2cccc(NCC3CCOCC3)n2)c(Cl)cn1)[C@H]1CCCN(S(=O)(=O)C2CC2)C1. The molecule has 1 atom stereocenters. The molecule has 0 aromatic carbocycles. The molecule has 2 N–H and O–H groups in total. The Morgan fingerprint density at radius 2 is 1.94 bits per heavy atom. The van der Waals surface area contributed by atoms with E-state index in [-0.39, 0.29) is 17.7 Å². The molecule has 4 heterocycles. The lowest BCUT2D eigenvalue weighted by Gasteiger charge is -2.31. The van der Waals surface area contributed by atoms with Crippen LogP contribution in [0.4, 0.5) is 11.6 Å². The van der Waals surface area contributed by atoms with Crippen LogP contribution in [0.2, 0.25) is 5.02 Å². The number of halogens is 1. The van der Waals surface area contributed by atoms with Crippen LogP contribution in [0, 0.1) is 11.8 Å². The van der Waals surface area contributed by atoms with Crippen LogP contribution < -0.4 is 10.6 Å². The number of sulfonamides is 1. The lowest BCUT2D eigenvalue weighted by atomic mass is 9.99. The fourth-order valence-corrected chi connectivity index (χ4v) is 6.90. The maximum Gasteiger partial charge on any atom is 0.229 e. The Labute approximate surface area is 217 Å². The van der Waals surface area contributed by atoms with Gasteiger partial charge in [0.25, 0.3) is 0 Å². The quantitative estimate of drug-likeness (QED) is 0.531. The van der Waals surface area contributed by atoms with Crippen LogP contribution in [0.1, 0.15) is 38.5 Å². The van der Waals surface area contributed by atoms with Crippen molar-refractivity contribution in [3.8, 4) is 11.3 Å². The van der Waals surface area contributed by atoms with Gasteiger partial charge in [-0.1, -0.05) is 17.7 Å². The molecule has 1 amide bonds. The molecule has 2 aliphatic heterocycles. The molecule has 1 saturated carbocycles. The molecular formula is C25H32ClN5O4S. The molecule has 2 aromatic heterocycles. The summed E-state index contributed by atoms with van der Waals surface area (Å²) in [5.74, 6) is 1.04. The zero-order valence-corrected chi connectivity index (χ0v) is 21.7. The second kappa shape index (κ2) is 11.0. The highest BCUT2D eigenvalue weighted by molar-refractivity contribution is 7.90. The van der Waals surface area contributed by atoms with Gasteiger partial charge in [0.1, 0.15) is 11.6 Å². The van der Waals surface area contributed by atoms with E-state index < -0.39 is 15.9 Å². The van der Waals surface area contributed by atoms with E-state index in [9.17, 15) is 13.2 Å². The second-order valence-electron chi connectivity index (χ2n) is 9.82. The van der Waals surface area contributed by atoms with E-state index in [4.69, 9.17) is 21.3 Å². The first-order valence-electron chi connectivity index (χ1n) is 12.6. The van der Waals surface area contributed by atoms with E-state index in [1.54, 1.807) is 6.07 Å². The van der Waals surface area contributed by atoms with E-state index >= 15 is 0 Å². The molecule has 9 nitrogen and oxygen atoms in total. The Kier molecular flexibility index (Phi) is 7.76. The predicted octanol–water partition coefficient (Wildman–Crippen LogP) is 3.78. The smallest absolute Gasteiger partial charge is 0.229 e. The fourth-order valence-electron chi connectivity index (χ4n) is 4.78. The van der Waals surface area contributed by atoms with Gasteiger partial charge in [0, 0.05) is 44.6 Å². The van der Waals surface area contributed by atoms with Gasteiger partial charge in [0.2, 0.25) is 15.9 Å². The van der Waals surface area contributed by atoms with Crippen LogP contribution >= 0.6 is 11.6 Å². The highest BCUT2D eigenvalue weighted by Gasteiger charge is 2.42. The number of carbonyl (C=O) groups excluding carboxylic acids is 1. The summed E-state index contributed by atoms with van der Waals surface area (Å²) < 4.78 is 32.2. The molecule has 36 heavy (non-hydrogen) atoms. The molecule has 2 saturated heterocycles. The van der Waals surface area contributed by atoms with Crippen molar-refractivity contribution in [2.45, 2.75) is 43.8 Å². The van der Waals surface area contributed by atoms with Gasteiger partial charge in [-0.3, -0.25) is 4.79 Å². The van der Waals surface area contributed by atoms with Crippen molar-refractivity contribution in [1.82, 2.24) is 14.3 Å². The van der Waals surface area contributed by atoms with E-state index in [0.717, 1.165) is 38.4 Å². The maximum absolute atomic E-state index is 13.0. The molecule has 3 fully saturated rings. The number of pyridine rings is 2. The first-order valence-corrected chi connectivity index (χ1v) is 14.5. The summed E-state index contributed by atoms with van der Waals surface area (Å²) in [6, 6.07) is 7.42. The summed E-state index contributed by atoms with van der Waals surface area (Å²) in [6.45, 7) is 3.14. The minimum atomic E-state index is -3.29. The third-order valence-electron chi connectivity index (χ3n) is 7.10. The van der Waals surface area contributed by atoms with Gasteiger partial charge in [-0.05, 0) is 62.6 Å². The summed E-state index contributed by atoms with van der Waals surface area (Å²) in [5.41, 5.74) is 1.34. The highest BCUT2D eigenvalue weighted by atomic mass is 35.5. The Bertz CT molecular complexity index is 1200. The Morgan fingerprint density at radius 3 is 2.72 bits per heavy atom. The number of anilines is 2. The molecule has 0 bridgehead atoms. The van der Waals surface area contributed by atoms with Crippen LogP contribution in [0.25, 0.3) is 11.3 Å². The van der Waals surface area contributed by atoms with E-state index in [1.807, 2.05) is 18.2 Å². The van der Waals surface area contributed by atoms with Gasteiger partial charge in [-0.25, -0.2) is 22.7 Å². The topological polar surface area (TPSA) is 114 Å². The number of nitrogens with zero attached hydrogens (tertiary/aromatic N) is 3. The first kappa shape index (κ1) is 25.4. The van der Waals surface area contributed by atoms with Crippen LogP contribution in [0.5, 0.6) is 0 Å². The van der Waals surface area contributed by atoms with Gasteiger partial charge >= 0.3 is 0 Å². The lowest BCUT2D eigenvalue weighted by molar-refractivity contribution is -0.120. The first-order chi connectivity index (χ1) is 17.4. The molecule has 0 spiro atoms. The van der Waals surface area contributed by atoms with E-state index in [1.165, 1.54) is 10.5 Å². The van der Waals surface area contributed by atoms with Crippen LogP contribution in [0.3, 0.4) is 0 Å². The van der Waals surface area contributed by atoms with E-state index in [2.05, 4.69) is 15.6 Å². The average molecular weight is 534 g/mol. The van der Waals surface area contributed by atoms with Gasteiger partial charge in [-0.15, -0.1) is 0 Å². The standard InChI is InChI=1S/C25H32ClN5O4S/c26-21-15-28-24(30-25(32)18-3-2-10-31(16-18)36(33,34)19-6-7-19)13-20(21)22-4-1-5-23(29-22)27-14-17-8-11-35-12-9-17/h1,4-5,13,15,17-19H,2-3,6-12,14,16H2,(H,27,29)(H,28,30,32)/t18-/m0/s1. The van der Waals surface area contributed by atoms with Crippen molar-refractivity contribution >= 4 is 39.2 Å². The fraction of sp³-hybridized carbons (Fsp3) is 0.560. The maximum atomic E-state index is 13.0. The third kappa shape index (κ3) is 5.99. The predicted molar refractivity (Wildman–Crippen MR) is 139 cm³/mol. The molecule has 5 rings (SSSR count). The minimum absolute atomic E-state index is 0.216. The zero-order valence-electron chi connectivity index (χ0n) is 20.2. The summed E-state index contributed by atoms with van der Waals surface area (Å²) >= 11 is 6.45. The summed E-state index contributed by atoms with van der Waals surface area (Å²) in [4.78, 5) is 22.0. The molecule has 0 radical (unpaired) electrons. The van der Waals surface area contributed by atoms with Crippen molar-refractivity contribution < 1.29 is 17.9 Å². The number of aromatic nitrogens is 2. The molecule has 3 aliphatic rings. The van der Waals surface area contributed by atoms with Gasteiger partial charge in [0.15, 0.2) is 0 Å². The molecule has 2 aromatic rings. The monoisotopic (exact) mass is 533 g/mol. The lowest BCUT2D eigenvalue weighted by Crippen LogP contribution is -2.45. The summed E-state index contributed by atoms with van der Waals surface area (Å²) in [5, 5.41) is 6.44. The van der Waals surface area contributed by atoms with Crippen molar-refractivity contribution in [3.05, 3.63) is 35.5 Å². The van der Waals surface area contributed by atoms with Crippen molar-refractivity contribution in [3.63, 3.8) is 0 Å². The number of carbonyl (C=O) groups is 1. The molecule has 194 valence electrons. The van der Waals surface area contributed by atoms with E-state index in [0.29, 0.717) is 60.2 Å². The van der Waals surface area contributed by atoms with Gasteiger partial charge in [0.05, 0.1) is 21.9 Å². The number of nitrogens with one attached hydrogen (secondary N) is 2. The van der Waals surface area contributed by atoms with Crippen molar-refractivity contribution in [2.24, 2.45) is 11.8 Å². The zero-order chi connectivity index (χ0) is 25.1. The summed E-state index contributed by atoms with van der Waals surface area (Å²) in [6.07, 6.45) is 6.32. The number of hydrogen-bond donors (Lipinski definition) is 2. The Morgan fingerprint density at radius 1 is 1.14 bits per heavy atom. The molecule has 11 heteroatoms. The Hall–Kier alpha value is -2.27. The number of hydrogen-bond acceptors (Lipinski definition) is 7. The van der Waals surface area contributed by atoms with Gasteiger partial charge in [-0.2, -0.15) is 0 Å². The number of rotatable bonds is 8. The third-order valence-corrected chi connectivity index (χ3v) is 9.77. The van der Waals surface area contributed by atoms with Crippen molar-refractivity contribution in [1.29, 1.82) is 0 Å². The largest absolute Gasteiger partial charge is 0.381 e. The van der Waals surface area contributed by atoms with Gasteiger partial charge < -0.3 is 15.4 Å². The minimum Gasteiger partial charge on any atom is -0.381 e. The average Bonchev–Trinajstić information content (AvgIpc) is 3.76. The molecular weight excluding hydrogens is 502 g/mol. The number of amides is 1.